The van der Waals surface area contributed by atoms with Gasteiger partial charge in [0.15, 0.2) is 0 Å². The highest BCUT2D eigenvalue weighted by molar-refractivity contribution is 14.1. The van der Waals surface area contributed by atoms with Gasteiger partial charge in [0.25, 0.3) is 0 Å². The normalized spacial score (nSPS) is 18.8. The lowest BCUT2D eigenvalue weighted by atomic mass is 9.71. The second-order valence-corrected chi connectivity index (χ2v) is 6.66. The largest absolute Gasteiger partial charge is 0.303 e. The van der Waals surface area contributed by atoms with Gasteiger partial charge in [0.05, 0.1) is 9.77 Å². The van der Waals surface area contributed by atoms with Crippen molar-refractivity contribution < 1.29 is 4.79 Å². The fourth-order valence-corrected chi connectivity index (χ4v) is 3.46. The summed E-state index contributed by atoms with van der Waals surface area (Å²) in [4.78, 5) is 10.7. The molecule has 0 spiro atoms. The average molecular weight is 360 g/mol. The van der Waals surface area contributed by atoms with Gasteiger partial charge in [-0.1, -0.05) is 19.3 Å². The van der Waals surface area contributed by atoms with Crippen molar-refractivity contribution in [3.63, 3.8) is 0 Å². The molecule has 0 aromatic carbocycles. The van der Waals surface area contributed by atoms with Crippen LogP contribution in [0.1, 0.15) is 50.6 Å². The number of hydrogen-bond acceptors (Lipinski definition) is 2. The van der Waals surface area contributed by atoms with Crippen molar-refractivity contribution in [2.75, 3.05) is 0 Å². The van der Waals surface area contributed by atoms with Crippen molar-refractivity contribution in [2.24, 2.45) is 5.41 Å². The van der Waals surface area contributed by atoms with Gasteiger partial charge in [-0.2, -0.15) is 5.10 Å². The first kappa shape index (κ1) is 14.0. The van der Waals surface area contributed by atoms with Crippen molar-refractivity contribution >= 4 is 28.9 Å². The molecule has 0 bridgehead atoms. The number of rotatable bonds is 5. The van der Waals surface area contributed by atoms with E-state index in [4.69, 9.17) is 0 Å². The molecule has 1 heterocycles. The Morgan fingerprint density at radius 1 is 1.44 bits per heavy atom. The Morgan fingerprint density at radius 3 is 2.72 bits per heavy atom. The van der Waals surface area contributed by atoms with Crippen LogP contribution in [-0.4, -0.2) is 16.1 Å². The lowest BCUT2D eigenvalue weighted by Gasteiger charge is -2.37. The van der Waals surface area contributed by atoms with Crippen molar-refractivity contribution in [1.82, 2.24) is 9.78 Å². The Bertz CT molecular complexity index is 408. The number of carbonyl (C=O) groups is 1. The molecule has 1 aromatic heterocycles. The van der Waals surface area contributed by atoms with E-state index in [1.165, 1.54) is 41.4 Å². The minimum Gasteiger partial charge on any atom is -0.303 e. The van der Waals surface area contributed by atoms with Gasteiger partial charge in [-0.15, -0.1) is 0 Å². The maximum absolute atomic E-state index is 10.7. The second-order valence-electron chi connectivity index (χ2n) is 5.50. The molecule has 100 valence electrons. The molecule has 2 rings (SSSR count). The van der Waals surface area contributed by atoms with Gasteiger partial charge >= 0.3 is 0 Å². The van der Waals surface area contributed by atoms with Crippen LogP contribution in [0.25, 0.3) is 0 Å². The van der Waals surface area contributed by atoms with E-state index < -0.39 is 0 Å². The summed E-state index contributed by atoms with van der Waals surface area (Å²) >= 11 is 2.33. The van der Waals surface area contributed by atoms with Crippen LogP contribution in [0.2, 0.25) is 0 Å². The summed E-state index contributed by atoms with van der Waals surface area (Å²) in [6.45, 7) is 3.11. The predicted molar refractivity (Wildman–Crippen MR) is 80.5 cm³/mol. The third-order valence-electron chi connectivity index (χ3n) is 4.24. The zero-order valence-electron chi connectivity index (χ0n) is 11.0. The van der Waals surface area contributed by atoms with Gasteiger partial charge in [0, 0.05) is 18.7 Å². The number of halogens is 1. The SMILES string of the molecule is Cc1c(I)cnn1CC1(CCC=O)CCCCC1. The van der Waals surface area contributed by atoms with Crippen molar-refractivity contribution in [3.05, 3.63) is 15.5 Å². The van der Waals surface area contributed by atoms with Crippen LogP contribution < -0.4 is 0 Å². The van der Waals surface area contributed by atoms with Gasteiger partial charge in [0.1, 0.15) is 6.29 Å². The topological polar surface area (TPSA) is 34.9 Å². The van der Waals surface area contributed by atoms with E-state index in [1.54, 1.807) is 0 Å². The number of nitrogens with zero attached hydrogens (tertiary/aromatic N) is 2. The minimum absolute atomic E-state index is 0.305. The van der Waals surface area contributed by atoms with Crippen LogP contribution in [-0.2, 0) is 11.3 Å². The Hall–Kier alpha value is -0.390. The summed E-state index contributed by atoms with van der Waals surface area (Å²) in [5.74, 6) is 0. The van der Waals surface area contributed by atoms with Crippen molar-refractivity contribution in [1.29, 1.82) is 0 Å². The van der Waals surface area contributed by atoms with E-state index in [0.717, 1.165) is 19.3 Å². The molecule has 4 heteroatoms. The summed E-state index contributed by atoms with van der Waals surface area (Å²) in [6, 6.07) is 0. The molecule has 0 aliphatic heterocycles. The average Bonchev–Trinajstić information content (AvgIpc) is 2.70. The molecule has 18 heavy (non-hydrogen) atoms. The van der Waals surface area contributed by atoms with E-state index >= 15 is 0 Å². The second kappa shape index (κ2) is 6.17. The fraction of sp³-hybridized carbons (Fsp3) is 0.714. The molecule has 0 radical (unpaired) electrons. The zero-order valence-corrected chi connectivity index (χ0v) is 13.1. The molecule has 0 N–H and O–H groups in total. The Kier molecular flexibility index (Phi) is 4.81. The molecular formula is C14H21IN2O. The van der Waals surface area contributed by atoms with Crippen molar-refractivity contribution in [2.45, 2.75) is 58.4 Å². The first-order valence-electron chi connectivity index (χ1n) is 6.78. The van der Waals surface area contributed by atoms with Crippen LogP contribution in [0.15, 0.2) is 6.20 Å². The smallest absolute Gasteiger partial charge is 0.120 e. The zero-order chi connectivity index (χ0) is 13.0. The van der Waals surface area contributed by atoms with Crippen LogP contribution in [0, 0.1) is 15.9 Å². The summed E-state index contributed by atoms with van der Waals surface area (Å²) < 4.78 is 3.37. The third-order valence-corrected chi connectivity index (χ3v) is 5.29. The van der Waals surface area contributed by atoms with E-state index in [0.29, 0.717) is 11.8 Å². The van der Waals surface area contributed by atoms with Gasteiger partial charge < -0.3 is 4.79 Å². The molecule has 1 aromatic rings. The quantitative estimate of drug-likeness (QED) is 0.593. The highest BCUT2D eigenvalue weighted by Crippen LogP contribution is 2.41. The highest BCUT2D eigenvalue weighted by Gasteiger charge is 2.32. The summed E-state index contributed by atoms with van der Waals surface area (Å²) in [6.07, 6.45) is 11.2. The van der Waals surface area contributed by atoms with Gasteiger partial charge in [0.2, 0.25) is 0 Å². The molecular weight excluding hydrogens is 339 g/mol. The Labute approximate surface area is 122 Å². The maximum atomic E-state index is 10.7. The molecule has 1 aliphatic rings. The molecule has 0 unspecified atom stereocenters. The summed E-state index contributed by atoms with van der Waals surface area (Å²) in [5.41, 5.74) is 1.56. The van der Waals surface area contributed by atoms with E-state index in [2.05, 4.69) is 39.3 Å². The lowest BCUT2D eigenvalue weighted by molar-refractivity contribution is -0.108. The molecule has 3 nitrogen and oxygen atoms in total. The molecule has 1 fully saturated rings. The molecule has 1 aliphatic carbocycles. The summed E-state index contributed by atoms with van der Waals surface area (Å²) in [7, 11) is 0. The van der Waals surface area contributed by atoms with Crippen molar-refractivity contribution in [3.8, 4) is 0 Å². The first-order valence-corrected chi connectivity index (χ1v) is 7.86. The monoisotopic (exact) mass is 360 g/mol. The van der Waals surface area contributed by atoms with Crippen LogP contribution in [0.4, 0.5) is 0 Å². The standard InChI is InChI=1S/C14H21IN2O/c1-12-13(15)10-16-17(12)11-14(8-5-9-18)6-3-2-4-7-14/h9-10H,2-8,11H2,1H3. The van der Waals surface area contributed by atoms with Gasteiger partial charge in [-0.25, -0.2) is 0 Å². The lowest BCUT2D eigenvalue weighted by Crippen LogP contribution is -2.30. The number of aromatic nitrogens is 2. The predicted octanol–water partition coefficient (Wildman–Crippen LogP) is 3.73. The molecule has 0 atom stereocenters. The minimum atomic E-state index is 0.305. The third kappa shape index (κ3) is 3.13. The van der Waals surface area contributed by atoms with Gasteiger partial charge in [-0.05, 0) is 54.2 Å². The summed E-state index contributed by atoms with van der Waals surface area (Å²) in [5, 5.41) is 4.48. The van der Waals surface area contributed by atoms with E-state index in [9.17, 15) is 4.79 Å². The van der Waals surface area contributed by atoms with Gasteiger partial charge in [-0.3, -0.25) is 4.68 Å². The molecule has 1 saturated carbocycles. The maximum Gasteiger partial charge on any atom is 0.120 e. The van der Waals surface area contributed by atoms with E-state index in [1.807, 2.05) is 6.20 Å². The van der Waals surface area contributed by atoms with E-state index in [-0.39, 0.29) is 0 Å². The van der Waals surface area contributed by atoms with Crippen LogP contribution in [0.3, 0.4) is 0 Å². The first-order chi connectivity index (χ1) is 8.67. The fourth-order valence-electron chi connectivity index (χ4n) is 3.05. The Morgan fingerprint density at radius 2 is 2.17 bits per heavy atom. The molecule has 0 saturated heterocycles. The number of carbonyl (C=O) groups excluding carboxylic acids is 1. The number of hydrogen-bond donors (Lipinski definition) is 0. The molecule has 0 amide bonds. The Balaban J connectivity index is 2.13. The number of aldehydes is 1. The van der Waals surface area contributed by atoms with Crippen LogP contribution >= 0.6 is 22.6 Å². The van der Waals surface area contributed by atoms with Crippen LogP contribution in [0.5, 0.6) is 0 Å². The highest BCUT2D eigenvalue weighted by atomic mass is 127.